The van der Waals surface area contributed by atoms with E-state index < -0.39 is 0 Å². The number of hydrogen-bond donors (Lipinski definition) is 1. The summed E-state index contributed by atoms with van der Waals surface area (Å²) in [6.07, 6.45) is 2.52. The zero-order valence-corrected chi connectivity index (χ0v) is 10.9. The van der Waals surface area contributed by atoms with Crippen molar-refractivity contribution in [2.75, 3.05) is 6.61 Å². The van der Waals surface area contributed by atoms with Gasteiger partial charge < -0.3 is 9.84 Å². The van der Waals surface area contributed by atoms with Gasteiger partial charge in [-0.25, -0.2) is 0 Å². The average Bonchev–Trinajstić information content (AvgIpc) is 2.75. The van der Waals surface area contributed by atoms with Crippen LogP contribution in [0.5, 0.6) is 5.75 Å². The molecule has 2 aromatic rings. The standard InChI is InChI=1S/C13H15ClN2O2/c1-16-10(5-7-15-16)6-8-18-13-4-2-3-12(14)11(13)9-17/h2-5,7,17H,6,8-9H2,1H3. The molecule has 1 aromatic heterocycles. The molecule has 0 spiro atoms. The SMILES string of the molecule is Cn1nccc1CCOc1cccc(Cl)c1CO. The van der Waals surface area contributed by atoms with Crippen LogP contribution < -0.4 is 4.74 Å². The van der Waals surface area contributed by atoms with Gasteiger partial charge in [0.25, 0.3) is 0 Å². The first kappa shape index (κ1) is 12.9. The summed E-state index contributed by atoms with van der Waals surface area (Å²) >= 11 is 5.98. The van der Waals surface area contributed by atoms with Gasteiger partial charge in [-0.05, 0) is 18.2 Å². The fourth-order valence-corrected chi connectivity index (χ4v) is 1.97. The predicted molar refractivity (Wildman–Crippen MR) is 69.8 cm³/mol. The molecule has 2 rings (SSSR count). The van der Waals surface area contributed by atoms with Crippen molar-refractivity contribution in [1.29, 1.82) is 0 Å². The van der Waals surface area contributed by atoms with E-state index in [1.165, 1.54) is 0 Å². The van der Waals surface area contributed by atoms with E-state index in [9.17, 15) is 5.11 Å². The van der Waals surface area contributed by atoms with Gasteiger partial charge in [-0.3, -0.25) is 4.68 Å². The van der Waals surface area contributed by atoms with Gasteiger partial charge in [0.1, 0.15) is 5.75 Å². The van der Waals surface area contributed by atoms with Crippen LogP contribution in [-0.4, -0.2) is 21.5 Å². The minimum atomic E-state index is -0.124. The van der Waals surface area contributed by atoms with Gasteiger partial charge in [0.05, 0.1) is 13.2 Å². The number of benzene rings is 1. The minimum absolute atomic E-state index is 0.124. The first-order valence-electron chi connectivity index (χ1n) is 5.70. The van der Waals surface area contributed by atoms with Crippen molar-refractivity contribution >= 4 is 11.6 Å². The van der Waals surface area contributed by atoms with Crippen molar-refractivity contribution in [1.82, 2.24) is 9.78 Å². The first-order chi connectivity index (χ1) is 8.72. The van der Waals surface area contributed by atoms with Crippen molar-refractivity contribution in [2.24, 2.45) is 7.05 Å². The summed E-state index contributed by atoms with van der Waals surface area (Å²) in [5, 5.41) is 13.9. The molecule has 1 aromatic carbocycles. The number of ether oxygens (including phenoxy) is 1. The molecule has 0 aliphatic carbocycles. The van der Waals surface area contributed by atoms with E-state index in [1.54, 1.807) is 24.4 Å². The zero-order chi connectivity index (χ0) is 13.0. The minimum Gasteiger partial charge on any atom is -0.493 e. The van der Waals surface area contributed by atoms with Crippen LogP contribution in [0.2, 0.25) is 5.02 Å². The van der Waals surface area contributed by atoms with Crippen LogP contribution >= 0.6 is 11.6 Å². The van der Waals surface area contributed by atoms with E-state index in [4.69, 9.17) is 16.3 Å². The Morgan fingerprint density at radius 2 is 2.22 bits per heavy atom. The quantitative estimate of drug-likeness (QED) is 0.902. The van der Waals surface area contributed by atoms with Crippen molar-refractivity contribution in [3.05, 3.63) is 46.7 Å². The van der Waals surface area contributed by atoms with Crippen molar-refractivity contribution in [2.45, 2.75) is 13.0 Å². The highest BCUT2D eigenvalue weighted by Crippen LogP contribution is 2.26. The Bertz CT molecular complexity index is 525. The number of aryl methyl sites for hydroxylation is 1. The third-order valence-corrected chi connectivity index (χ3v) is 3.13. The monoisotopic (exact) mass is 266 g/mol. The third kappa shape index (κ3) is 2.83. The number of aliphatic hydroxyl groups is 1. The topological polar surface area (TPSA) is 47.3 Å². The van der Waals surface area contributed by atoms with E-state index in [1.807, 2.05) is 17.8 Å². The van der Waals surface area contributed by atoms with Crippen LogP contribution in [0.15, 0.2) is 30.5 Å². The van der Waals surface area contributed by atoms with E-state index in [0.717, 1.165) is 12.1 Å². The van der Waals surface area contributed by atoms with Gasteiger partial charge >= 0.3 is 0 Å². The molecule has 0 saturated heterocycles. The maximum atomic E-state index is 9.25. The molecular weight excluding hydrogens is 252 g/mol. The Labute approximate surface area is 111 Å². The zero-order valence-electron chi connectivity index (χ0n) is 10.1. The highest BCUT2D eigenvalue weighted by atomic mass is 35.5. The van der Waals surface area contributed by atoms with Crippen LogP contribution in [0.4, 0.5) is 0 Å². The lowest BCUT2D eigenvalue weighted by Crippen LogP contribution is -2.07. The Balaban J connectivity index is 1.98. The molecule has 18 heavy (non-hydrogen) atoms. The molecular formula is C13H15ClN2O2. The molecule has 0 atom stereocenters. The second kappa shape index (κ2) is 5.89. The van der Waals surface area contributed by atoms with Crippen molar-refractivity contribution in [3.8, 4) is 5.75 Å². The lowest BCUT2D eigenvalue weighted by atomic mass is 10.2. The first-order valence-corrected chi connectivity index (χ1v) is 6.08. The molecule has 96 valence electrons. The van der Waals surface area contributed by atoms with Gasteiger partial charge in [0.2, 0.25) is 0 Å². The maximum absolute atomic E-state index is 9.25. The normalized spacial score (nSPS) is 10.6. The molecule has 5 heteroatoms. The molecule has 0 aliphatic rings. The maximum Gasteiger partial charge on any atom is 0.126 e. The van der Waals surface area contributed by atoms with E-state index in [0.29, 0.717) is 22.9 Å². The van der Waals surface area contributed by atoms with Gasteiger partial charge in [0, 0.05) is 35.9 Å². The number of halogens is 1. The third-order valence-electron chi connectivity index (χ3n) is 2.77. The fourth-order valence-electron chi connectivity index (χ4n) is 1.74. The number of hydrogen-bond acceptors (Lipinski definition) is 3. The van der Waals surface area contributed by atoms with Crippen molar-refractivity contribution < 1.29 is 9.84 Å². The van der Waals surface area contributed by atoms with Gasteiger partial charge in [-0.1, -0.05) is 17.7 Å². The number of aromatic nitrogens is 2. The largest absolute Gasteiger partial charge is 0.493 e. The highest BCUT2D eigenvalue weighted by molar-refractivity contribution is 6.31. The lowest BCUT2D eigenvalue weighted by molar-refractivity contribution is 0.263. The highest BCUT2D eigenvalue weighted by Gasteiger charge is 2.07. The molecule has 0 bridgehead atoms. The number of rotatable bonds is 5. The molecule has 0 aliphatic heterocycles. The summed E-state index contributed by atoms with van der Waals surface area (Å²) in [7, 11) is 1.90. The van der Waals surface area contributed by atoms with Gasteiger partial charge in [-0.2, -0.15) is 5.10 Å². The molecule has 0 radical (unpaired) electrons. The molecule has 0 amide bonds. The number of nitrogens with zero attached hydrogens (tertiary/aromatic N) is 2. The fraction of sp³-hybridized carbons (Fsp3) is 0.308. The number of aliphatic hydroxyl groups excluding tert-OH is 1. The van der Waals surface area contributed by atoms with E-state index in [2.05, 4.69) is 5.10 Å². The molecule has 0 unspecified atom stereocenters. The Morgan fingerprint density at radius 1 is 1.39 bits per heavy atom. The second-order valence-corrected chi connectivity index (χ2v) is 4.33. The van der Waals surface area contributed by atoms with Crippen LogP contribution in [0.1, 0.15) is 11.3 Å². The van der Waals surface area contributed by atoms with E-state index in [-0.39, 0.29) is 6.61 Å². The van der Waals surface area contributed by atoms with Gasteiger partial charge in [0.15, 0.2) is 0 Å². The average molecular weight is 267 g/mol. The van der Waals surface area contributed by atoms with Crippen LogP contribution in [0.25, 0.3) is 0 Å². The predicted octanol–water partition coefficient (Wildman–Crippen LogP) is 2.19. The summed E-state index contributed by atoms with van der Waals surface area (Å²) < 4.78 is 7.47. The summed E-state index contributed by atoms with van der Waals surface area (Å²) in [6.45, 7) is 0.396. The van der Waals surface area contributed by atoms with Crippen molar-refractivity contribution in [3.63, 3.8) is 0 Å². The molecule has 0 saturated carbocycles. The van der Waals surface area contributed by atoms with Crippen LogP contribution in [0, 0.1) is 0 Å². The van der Waals surface area contributed by atoms with E-state index >= 15 is 0 Å². The Hall–Kier alpha value is -1.52. The molecule has 1 heterocycles. The molecule has 0 fully saturated rings. The Kier molecular flexibility index (Phi) is 4.23. The summed E-state index contributed by atoms with van der Waals surface area (Å²) in [6, 6.07) is 7.30. The Morgan fingerprint density at radius 3 is 2.89 bits per heavy atom. The van der Waals surface area contributed by atoms with Crippen LogP contribution in [-0.2, 0) is 20.1 Å². The molecule has 1 N–H and O–H groups in total. The second-order valence-electron chi connectivity index (χ2n) is 3.92. The smallest absolute Gasteiger partial charge is 0.126 e. The summed E-state index contributed by atoms with van der Waals surface area (Å²) in [4.78, 5) is 0. The lowest BCUT2D eigenvalue weighted by Gasteiger charge is -2.11. The summed E-state index contributed by atoms with van der Waals surface area (Å²) in [5.41, 5.74) is 1.73. The summed E-state index contributed by atoms with van der Waals surface area (Å²) in [5.74, 6) is 0.632. The van der Waals surface area contributed by atoms with Gasteiger partial charge in [-0.15, -0.1) is 0 Å². The molecule has 4 nitrogen and oxygen atoms in total. The van der Waals surface area contributed by atoms with Crippen LogP contribution in [0.3, 0.4) is 0 Å².